The molecule has 0 radical (unpaired) electrons. The summed E-state index contributed by atoms with van der Waals surface area (Å²) < 4.78 is 1.02. The van der Waals surface area contributed by atoms with Crippen LogP contribution < -0.4 is 10.3 Å². The Bertz CT molecular complexity index is 227. The van der Waals surface area contributed by atoms with Crippen LogP contribution >= 0.6 is 15.9 Å². The molecule has 0 amide bonds. The van der Waals surface area contributed by atoms with E-state index in [9.17, 15) is 0 Å². The molecule has 60 valence electrons. The molecular formula is C8H10BrNO. The van der Waals surface area contributed by atoms with Gasteiger partial charge in [-0.1, -0.05) is 22.0 Å². The Morgan fingerprint density at radius 3 is 3.00 bits per heavy atom. The van der Waals surface area contributed by atoms with E-state index < -0.39 is 0 Å². The fourth-order valence-corrected chi connectivity index (χ4v) is 1.06. The summed E-state index contributed by atoms with van der Waals surface area (Å²) in [6.07, 6.45) is 0. The molecule has 0 aliphatic carbocycles. The van der Waals surface area contributed by atoms with Crippen LogP contribution in [0, 0.1) is 0 Å². The van der Waals surface area contributed by atoms with Crippen molar-refractivity contribution in [1.29, 1.82) is 0 Å². The summed E-state index contributed by atoms with van der Waals surface area (Å²) in [7, 11) is 0. The molecule has 0 aliphatic rings. The van der Waals surface area contributed by atoms with Gasteiger partial charge >= 0.3 is 0 Å². The number of hydrogen-bond donors (Lipinski definition) is 1. The normalized spacial score (nSPS) is 9.64. The number of rotatable bonds is 3. The molecule has 0 aromatic heterocycles. The number of hydrogen-bond acceptors (Lipinski definition) is 2. The van der Waals surface area contributed by atoms with Gasteiger partial charge in [0.25, 0.3) is 0 Å². The third-order valence-electron chi connectivity index (χ3n) is 1.13. The van der Waals surface area contributed by atoms with Crippen molar-refractivity contribution in [2.75, 3.05) is 6.54 Å². The predicted molar refractivity (Wildman–Crippen MR) is 48.4 cm³/mol. The van der Waals surface area contributed by atoms with Crippen LogP contribution in [-0.4, -0.2) is 6.54 Å². The van der Waals surface area contributed by atoms with Crippen molar-refractivity contribution in [1.82, 2.24) is 5.48 Å². The van der Waals surface area contributed by atoms with E-state index >= 15 is 0 Å². The molecule has 0 unspecified atom stereocenters. The van der Waals surface area contributed by atoms with Crippen LogP contribution in [-0.2, 0) is 0 Å². The van der Waals surface area contributed by atoms with Gasteiger partial charge in [-0.2, -0.15) is 5.48 Å². The van der Waals surface area contributed by atoms with E-state index in [1.807, 2.05) is 31.2 Å². The van der Waals surface area contributed by atoms with Gasteiger partial charge in [-0.05, 0) is 25.1 Å². The predicted octanol–water partition coefficient (Wildman–Crippen LogP) is 2.35. The maximum absolute atomic E-state index is 5.16. The Labute approximate surface area is 74.6 Å². The summed E-state index contributed by atoms with van der Waals surface area (Å²) in [6.45, 7) is 2.78. The highest BCUT2D eigenvalue weighted by Gasteiger charge is 1.91. The molecule has 0 atom stereocenters. The Kier molecular flexibility index (Phi) is 3.39. The second kappa shape index (κ2) is 4.36. The maximum Gasteiger partial charge on any atom is 0.148 e. The van der Waals surface area contributed by atoms with Crippen molar-refractivity contribution in [3.63, 3.8) is 0 Å². The first-order valence-electron chi connectivity index (χ1n) is 3.48. The van der Waals surface area contributed by atoms with E-state index in [2.05, 4.69) is 21.4 Å². The molecule has 2 nitrogen and oxygen atoms in total. The van der Waals surface area contributed by atoms with Crippen molar-refractivity contribution in [3.05, 3.63) is 28.7 Å². The SMILES string of the molecule is CCNOc1cccc(Br)c1. The van der Waals surface area contributed by atoms with Crippen molar-refractivity contribution >= 4 is 15.9 Å². The summed E-state index contributed by atoms with van der Waals surface area (Å²) in [5.41, 5.74) is 2.77. The zero-order chi connectivity index (χ0) is 8.10. The quantitative estimate of drug-likeness (QED) is 0.783. The molecule has 1 aromatic rings. The summed E-state index contributed by atoms with van der Waals surface area (Å²) >= 11 is 3.35. The minimum absolute atomic E-state index is 0.798. The first-order valence-corrected chi connectivity index (χ1v) is 4.27. The summed E-state index contributed by atoms with van der Waals surface area (Å²) in [5.74, 6) is 0.821. The van der Waals surface area contributed by atoms with E-state index in [0.29, 0.717) is 0 Å². The summed E-state index contributed by atoms with van der Waals surface area (Å²) in [6, 6.07) is 7.69. The Morgan fingerprint density at radius 1 is 1.55 bits per heavy atom. The minimum Gasteiger partial charge on any atom is -0.409 e. The molecule has 1 N–H and O–H groups in total. The second-order valence-corrected chi connectivity index (χ2v) is 2.97. The third kappa shape index (κ3) is 2.91. The molecule has 0 bridgehead atoms. The van der Waals surface area contributed by atoms with Gasteiger partial charge in [0.2, 0.25) is 0 Å². The number of nitrogens with one attached hydrogen (secondary N) is 1. The molecule has 0 fully saturated rings. The van der Waals surface area contributed by atoms with Gasteiger partial charge in [0.05, 0.1) is 0 Å². The van der Waals surface area contributed by atoms with E-state index in [-0.39, 0.29) is 0 Å². The minimum atomic E-state index is 0.798. The average Bonchev–Trinajstić information content (AvgIpc) is 2.01. The second-order valence-electron chi connectivity index (χ2n) is 2.06. The van der Waals surface area contributed by atoms with Crippen molar-refractivity contribution in [2.45, 2.75) is 6.92 Å². The van der Waals surface area contributed by atoms with E-state index in [0.717, 1.165) is 16.8 Å². The van der Waals surface area contributed by atoms with Gasteiger partial charge in [-0.25, -0.2) is 0 Å². The van der Waals surface area contributed by atoms with Crippen LogP contribution in [0.1, 0.15) is 6.92 Å². The number of hydroxylamine groups is 1. The first-order chi connectivity index (χ1) is 5.33. The molecule has 1 rings (SSSR count). The van der Waals surface area contributed by atoms with Gasteiger partial charge in [0.15, 0.2) is 0 Å². The Balaban J connectivity index is 2.56. The van der Waals surface area contributed by atoms with Gasteiger partial charge in [0, 0.05) is 11.0 Å². The van der Waals surface area contributed by atoms with Crippen LogP contribution in [0.2, 0.25) is 0 Å². The summed E-state index contributed by atoms with van der Waals surface area (Å²) in [5, 5.41) is 0. The van der Waals surface area contributed by atoms with Gasteiger partial charge in [-0.15, -0.1) is 0 Å². The Hall–Kier alpha value is -0.540. The van der Waals surface area contributed by atoms with Crippen LogP contribution in [0.4, 0.5) is 0 Å². The highest BCUT2D eigenvalue weighted by atomic mass is 79.9. The van der Waals surface area contributed by atoms with E-state index in [1.54, 1.807) is 0 Å². The first kappa shape index (κ1) is 8.56. The van der Waals surface area contributed by atoms with Gasteiger partial charge in [0.1, 0.15) is 5.75 Å². The fraction of sp³-hybridized carbons (Fsp3) is 0.250. The van der Waals surface area contributed by atoms with Crippen LogP contribution in [0.3, 0.4) is 0 Å². The molecule has 11 heavy (non-hydrogen) atoms. The maximum atomic E-state index is 5.16. The lowest BCUT2D eigenvalue weighted by molar-refractivity contribution is 0.202. The molecule has 1 aromatic carbocycles. The summed E-state index contributed by atoms with van der Waals surface area (Å²) in [4.78, 5) is 5.16. The Morgan fingerprint density at radius 2 is 2.36 bits per heavy atom. The van der Waals surface area contributed by atoms with Crippen LogP contribution in [0.15, 0.2) is 28.7 Å². The molecule has 0 aliphatic heterocycles. The number of halogens is 1. The third-order valence-corrected chi connectivity index (χ3v) is 1.62. The lowest BCUT2D eigenvalue weighted by Crippen LogP contribution is -2.16. The number of benzene rings is 1. The molecule has 3 heteroatoms. The van der Waals surface area contributed by atoms with E-state index in [4.69, 9.17) is 4.84 Å². The lowest BCUT2D eigenvalue weighted by atomic mass is 10.3. The monoisotopic (exact) mass is 215 g/mol. The average molecular weight is 216 g/mol. The van der Waals surface area contributed by atoms with Crippen molar-refractivity contribution in [2.24, 2.45) is 0 Å². The van der Waals surface area contributed by atoms with Crippen molar-refractivity contribution in [3.8, 4) is 5.75 Å². The molecule has 0 saturated carbocycles. The highest BCUT2D eigenvalue weighted by molar-refractivity contribution is 9.10. The fourth-order valence-electron chi connectivity index (χ4n) is 0.686. The topological polar surface area (TPSA) is 21.3 Å². The highest BCUT2D eigenvalue weighted by Crippen LogP contribution is 2.16. The zero-order valence-electron chi connectivity index (χ0n) is 6.30. The largest absolute Gasteiger partial charge is 0.409 e. The molecule has 0 heterocycles. The molecule has 0 spiro atoms. The van der Waals surface area contributed by atoms with Crippen LogP contribution in [0.25, 0.3) is 0 Å². The smallest absolute Gasteiger partial charge is 0.148 e. The van der Waals surface area contributed by atoms with E-state index in [1.165, 1.54) is 0 Å². The van der Waals surface area contributed by atoms with Crippen LogP contribution in [0.5, 0.6) is 5.75 Å². The van der Waals surface area contributed by atoms with Gasteiger partial charge in [-0.3, -0.25) is 0 Å². The van der Waals surface area contributed by atoms with Gasteiger partial charge < -0.3 is 4.84 Å². The standard InChI is InChI=1S/C8H10BrNO/c1-2-10-11-8-5-3-4-7(9)6-8/h3-6,10H,2H2,1H3. The zero-order valence-corrected chi connectivity index (χ0v) is 7.89. The lowest BCUT2D eigenvalue weighted by Gasteiger charge is -2.03. The molecular weight excluding hydrogens is 206 g/mol. The van der Waals surface area contributed by atoms with Crippen molar-refractivity contribution < 1.29 is 4.84 Å². The molecule has 0 saturated heterocycles.